The summed E-state index contributed by atoms with van der Waals surface area (Å²) in [4.78, 5) is 9.07. The monoisotopic (exact) mass is 401 g/mol. The number of nitrogens with two attached hydrogens (primary N) is 1. The van der Waals surface area contributed by atoms with Gasteiger partial charge >= 0.3 is 0 Å². The smallest absolute Gasteiger partial charge is 0.220 e. The molecule has 0 amide bonds. The number of aromatic nitrogens is 2. The maximum Gasteiger partial charge on any atom is 0.220 e. The average molecular weight is 402 g/mol. The van der Waals surface area contributed by atoms with Gasteiger partial charge in [0.05, 0.1) is 5.52 Å². The molecule has 6 aromatic rings. The topological polar surface area (TPSA) is 51.8 Å². The van der Waals surface area contributed by atoms with E-state index in [0.29, 0.717) is 5.95 Å². The van der Waals surface area contributed by atoms with E-state index in [9.17, 15) is 0 Å². The van der Waals surface area contributed by atoms with Gasteiger partial charge in [0.1, 0.15) is 0 Å². The zero-order valence-corrected chi connectivity index (χ0v) is 17.9. The average Bonchev–Trinajstić information content (AvgIpc) is 2.77. The fraction of sp³-hybridized carbons (Fsp3) is 0.143. The summed E-state index contributed by atoms with van der Waals surface area (Å²) in [6.45, 7) is 6.77. The summed E-state index contributed by atoms with van der Waals surface area (Å²) in [5, 5.41) is 10.8. The molecule has 6 rings (SSSR count). The molecule has 0 radical (unpaired) electrons. The van der Waals surface area contributed by atoms with Gasteiger partial charge in [-0.3, -0.25) is 0 Å². The lowest BCUT2D eigenvalue weighted by molar-refractivity contribution is 0.591. The first kappa shape index (κ1) is 18.1. The highest BCUT2D eigenvalue weighted by Crippen LogP contribution is 2.43. The number of benzene rings is 5. The highest BCUT2D eigenvalue weighted by molar-refractivity contribution is 6.38. The lowest BCUT2D eigenvalue weighted by Crippen LogP contribution is -2.10. The molecule has 0 aliphatic rings. The second-order valence-corrected chi connectivity index (χ2v) is 9.34. The second kappa shape index (κ2) is 6.14. The Morgan fingerprint density at radius 1 is 0.645 bits per heavy atom. The van der Waals surface area contributed by atoms with Crippen molar-refractivity contribution in [3.05, 3.63) is 78.5 Å². The predicted molar refractivity (Wildman–Crippen MR) is 133 cm³/mol. The summed E-state index contributed by atoms with van der Waals surface area (Å²) in [7, 11) is 0. The molecule has 1 aromatic heterocycles. The van der Waals surface area contributed by atoms with E-state index in [1.165, 1.54) is 37.9 Å². The summed E-state index contributed by atoms with van der Waals surface area (Å²) in [6, 6.07) is 24.1. The van der Waals surface area contributed by atoms with Gasteiger partial charge in [-0.15, -0.1) is 0 Å². The van der Waals surface area contributed by atoms with E-state index in [1.807, 2.05) is 6.20 Å². The van der Waals surface area contributed by atoms with Crippen LogP contribution in [0, 0.1) is 0 Å². The number of hydrogen-bond acceptors (Lipinski definition) is 3. The van der Waals surface area contributed by atoms with Crippen LogP contribution in [0.5, 0.6) is 0 Å². The first-order valence-electron chi connectivity index (χ1n) is 10.6. The lowest BCUT2D eigenvalue weighted by atomic mass is 9.83. The molecule has 5 aromatic carbocycles. The zero-order chi connectivity index (χ0) is 21.3. The van der Waals surface area contributed by atoms with E-state index >= 15 is 0 Å². The van der Waals surface area contributed by atoms with Crippen LogP contribution in [0.4, 0.5) is 5.95 Å². The molecule has 0 saturated carbocycles. The quantitative estimate of drug-likeness (QED) is 0.276. The Hall–Kier alpha value is -3.72. The lowest BCUT2D eigenvalue weighted by Gasteiger charge is -2.21. The molecule has 3 heteroatoms. The molecule has 0 atom stereocenters. The first-order chi connectivity index (χ1) is 14.9. The van der Waals surface area contributed by atoms with Crippen LogP contribution in [0.15, 0.2) is 72.9 Å². The first-order valence-corrected chi connectivity index (χ1v) is 10.6. The second-order valence-electron chi connectivity index (χ2n) is 9.34. The van der Waals surface area contributed by atoms with E-state index in [-0.39, 0.29) is 5.41 Å². The summed E-state index contributed by atoms with van der Waals surface area (Å²) < 4.78 is 0. The number of rotatable bonds is 0. The van der Waals surface area contributed by atoms with Crippen molar-refractivity contribution < 1.29 is 0 Å². The van der Waals surface area contributed by atoms with Crippen molar-refractivity contribution in [2.45, 2.75) is 26.2 Å². The highest BCUT2D eigenvalue weighted by atomic mass is 15.0. The van der Waals surface area contributed by atoms with Crippen LogP contribution in [-0.4, -0.2) is 9.97 Å². The Balaban J connectivity index is 2.01. The number of nitrogens with zero attached hydrogens (tertiary/aromatic N) is 2. The van der Waals surface area contributed by atoms with Crippen LogP contribution in [0.25, 0.3) is 54.0 Å². The van der Waals surface area contributed by atoms with E-state index < -0.39 is 0 Å². The zero-order valence-electron chi connectivity index (χ0n) is 17.9. The Bertz CT molecular complexity index is 1670. The van der Waals surface area contributed by atoms with Crippen molar-refractivity contribution in [2.24, 2.45) is 0 Å². The minimum absolute atomic E-state index is 0.0717. The molecule has 0 aliphatic carbocycles. The van der Waals surface area contributed by atoms with Crippen molar-refractivity contribution in [1.29, 1.82) is 0 Å². The SMILES string of the molecule is CC(C)(C)c1ccc2c(c1)c1ccccc1c1c3ccccc3c3cnc(N)nc3c21. The molecule has 150 valence electrons. The van der Waals surface area contributed by atoms with E-state index in [0.717, 1.165) is 21.7 Å². The van der Waals surface area contributed by atoms with Gasteiger partial charge in [-0.2, -0.15) is 0 Å². The van der Waals surface area contributed by atoms with Crippen LogP contribution in [0.1, 0.15) is 26.3 Å². The van der Waals surface area contributed by atoms with Crippen LogP contribution in [0.3, 0.4) is 0 Å². The fourth-order valence-electron chi connectivity index (χ4n) is 4.90. The fourth-order valence-corrected chi connectivity index (χ4v) is 4.90. The van der Waals surface area contributed by atoms with Gasteiger partial charge in [-0.05, 0) is 49.4 Å². The molecule has 0 aliphatic heterocycles. The highest BCUT2D eigenvalue weighted by Gasteiger charge is 2.19. The van der Waals surface area contributed by atoms with Gasteiger partial charge in [0.15, 0.2) is 0 Å². The molecular weight excluding hydrogens is 378 g/mol. The van der Waals surface area contributed by atoms with Crippen LogP contribution >= 0.6 is 0 Å². The minimum atomic E-state index is 0.0717. The Labute approximate surface area is 180 Å². The van der Waals surface area contributed by atoms with Crippen LogP contribution < -0.4 is 5.73 Å². The molecule has 0 spiro atoms. The Kier molecular flexibility index (Phi) is 3.58. The number of fused-ring (bicyclic) bond motifs is 11. The maximum atomic E-state index is 6.07. The number of nitrogen functional groups attached to an aromatic ring is 1. The Morgan fingerprint density at radius 2 is 1.23 bits per heavy atom. The van der Waals surface area contributed by atoms with Crippen molar-refractivity contribution in [2.75, 3.05) is 5.73 Å². The number of anilines is 1. The molecule has 3 nitrogen and oxygen atoms in total. The molecule has 0 saturated heterocycles. The minimum Gasteiger partial charge on any atom is -0.368 e. The molecule has 2 N–H and O–H groups in total. The molecule has 0 bridgehead atoms. The third-order valence-corrected chi connectivity index (χ3v) is 6.42. The van der Waals surface area contributed by atoms with E-state index in [4.69, 9.17) is 10.7 Å². The summed E-state index contributed by atoms with van der Waals surface area (Å²) >= 11 is 0. The van der Waals surface area contributed by atoms with Gasteiger partial charge < -0.3 is 5.73 Å². The summed E-state index contributed by atoms with van der Waals surface area (Å²) in [5.41, 5.74) is 8.39. The molecule has 0 unspecified atom stereocenters. The van der Waals surface area contributed by atoms with Gasteiger partial charge in [0.2, 0.25) is 5.95 Å². The normalized spacial score (nSPS) is 12.5. The molecule has 0 fully saturated rings. The van der Waals surface area contributed by atoms with E-state index in [2.05, 4.69) is 92.5 Å². The molecular formula is C28H23N3. The summed E-state index contributed by atoms with van der Waals surface area (Å²) in [6.07, 6.45) is 1.87. The summed E-state index contributed by atoms with van der Waals surface area (Å²) in [5.74, 6) is 0.303. The number of hydrogen-bond donors (Lipinski definition) is 1. The van der Waals surface area contributed by atoms with Gasteiger partial charge in [-0.25, -0.2) is 9.97 Å². The van der Waals surface area contributed by atoms with Crippen molar-refractivity contribution >= 4 is 59.9 Å². The molecule has 31 heavy (non-hydrogen) atoms. The van der Waals surface area contributed by atoms with E-state index in [1.54, 1.807) is 0 Å². The maximum absolute atomic E-state index is 6.07. The molecule has 1 heterocycles. The van der Waals surface area contributed by atoms with Gasteiger partial charge in [-0.1, -0.05) is 81.4 Å². The third kappa shape index (κ3) is 2.53. The van der Waals surface area contributed by atoms with Crippen molar-refractivity contribution in [1.82, 2.24) is 9.97 Å². The van der Waals surface area contributed by atoms with Crippen LogP contribution in [-0.2, 0) is 5.41 Å². The van der Waals surface area contributed by atoms with Crippen LogP contribution in [0.2, 0.25) is 0 Å². The standard InChI is InChI=1S/C28H23N3/c1-28(2,3)16-12-13-21-22(14-16)17-8-4-6-10-19(17)24-20-11-7-5-9-18(20)23-15-30-27(29)31-26(23)25(21)24/h4-15H,1-3H3,(H2,29,30,31). The van der Waals surface area contributed by atoms with Crippen molar-refractivity contribution in [3.63, 3.8) is 0 Å². The Morgan fingerprint density at radius 3 is 1.87 bits per heavy atom. The predicted octanol–water partition coefficient (Wildman–Crippen LogP) is 7.12. The largest absolute Gasteiger partial charge is 0.368 e. The van der Waals surface area contributed by atoms with Crippen molar-refractivity contribution in [3.8, 4) is 0 Å². The van der Waals surface area contributed by atoms with Gasteiger partial charge in [0, 0.05) is 22.4 Å². The van der Waals surface area contributed by atoms with Gasteiger partial charge in [0.25, 0.3) is 0 Å². The third-order valence-electron chi connectivity index (χ3n) is 6.42.